The van der Waals surface area contributed by atoms with Crippen LogP contribution >= 0.6 is 0 Å². The van der Waals surface area contributed by atoms with Crippen LogP contribution in [0.3, 0.4) is 0 Å². The van der Waals surface area contributed by atoms with Crippen molar-refractivity contribution in [1.82, 2.24) is 4.98 Å². The molecule has 2 aromatic carbocycles. The molecule has 0 radical (unpaired) electrons. The van der Waals surface area contributed by atoms with Crippen molar-refractivity contribution in [2.45, 2.75) is 20.8 Å². The second kappa shape index (κ2) is 7.40. The minimum Gasteiger partial charge on any atom is -0.354 e. The van der Waals surface area contributed by atoms with Crippen molar-refractivity contribution in [3.63, 3.8) is 0 Å². The van der Waals surface area contributed by atoms with Crippen LogP contribution in [-0.2, 0) is 0 Å². The molecular weight excluding hydrogens is 322 g/mol. The van der Waals surface area contributed by atoms with Gasteiger partial charge in [-0.25, -0.2) is 0 Å². The van der Waals surface area contributed by atoms with E-state index in [9.17, 15) is 4.79 Å². The zero-order valence-electron chi connectivity index (χ0n) is 15.6. The Hall–Kier alpha value is -3.14. The monoisotopic (exact) mass is 345 g/mol. The summed E-state index contributed by atoms with van der Waals surface area (Å²) >= 11 is 0. The van der Waals surface area contributed by atoms with Crippen LogP contribution in [0.1, 0.15) is 27.0 Å². The lowest BCUT2D eigenvalue weighted by molar-refractivity contribution is 0.0992. The molecule has 1 heterocycles. The second-order valence-corrected chi connectivity index (χ2v) is 6.56. The van der Waals surface area contributed by atoms with Gasteiger partial charge in [-0.05, 0) is 50.1 Å². The van der Waals surface area contributed by atoms with Gasteiger partial charge in [0.2, 0.25) is 0 Å². The highest BCUT2D eigenvalue weighted by molar-refractivity contribution is 6.06. The van der Waals surface area contributed by atoms with Gasteiger partial charge in [-0.15, -0.1) is 0 Å². The predicted molar refractivity (Wildman–Crippen MR) is 107 cm³/mol. The predicted octanol–water partition coefficient (Wildman–Crippen LogP) is 5.03. The molecular formula is C22H23N3O. The Kier molecular flexibility index (Phi) is 5.03. The van der Waals surface area contributed by atoms with E-state index in [-0.39, 0.29) is 5.91 Å². The number of aromatic nitrogens is 1. The molecule has 0 atom stereocenters. The molecule has 0 saturated carbocycles. The van der Waals surface area contributed by atoms with Crippen LogP contribution in [0.2, 0.25) is 0 Å². The fraction of sp³-hybridized carbons (Fsp3) is 0.182. The number of nitrogens with one attached hydrogen (secondary N) is 1. The zero-order chi connectivity index (χ0) is 18.7. The Morgan fingerprint density at radius 1 is 0.962 bits per heavy atom. The van der Waals surface area contributed by atoms with Crippen molar-refractivity contribution in [1.29, 1.82) is 0 Å². The number of pyridine rings is 1. The van der Waals surface area contributed by atoms with E-state index in [0.29, 0.717) is 5.56 Å². The average Bonchev–Trinajstić information content (AvgIpc) is 2.64. The summed E-state index contributed by atoms with van der Waals surface area (Å²) in [6.07, 6.45) is 3.33. The zero-order valence-corrected chi connectivity index (χ0v) is 15.6. The van der Waals surface area contributed by atoms with Gasteiger partial charge in [0.05, 0.1) is 17.4 Å². The van der Waals surface area contributed by atoms with Gasteiger partial charge in [0.1, 0.15) is 0 Å². The summed E-state index contributed by atoms with van der Waals surface area (Å²) in [4.78, 5) is 18.7. The third-order valence-corrected chi connectivity index (χ3v) is 4.38. The number of nitrogens with zero attached hydrogens (tertiary/aromatic N) is 2. The topological polar surface area (TPSA) is 45.2 Å². The summed E-state index contributed by atoms with van der Waals surface area (Å²) in [6.45, 7) is 6.24. The van der Waals surface area contributed by atoms with Gasteiger partial charge in [-0.3, -0.25) is 9.78 Å². The van der Waals surface area contributed by atoms with Crippen LogP contribution in [0.15, 0.2) is 60.9 Å². The van der Waals surface area contributed by atoms with Gasteiger partial charge in [0.15, 0.2) is 0 Å². The second-order valence-electron chi connectivity index (χ2n) is 6.56. The van der Waals surface area contributed by atoms with E-state index in [1.807, 2.05) is 36.4 Å². The minimum absolute atomic E-state index is 0.0929. The molecule has 1 N–H and O–H groups in total. The number of amides is 1. The highest BCUT2D eigenvalue weighted by atomic mass is 16.2. The first-order chi connectivity index (χ1) is 12.5. The number of anilines is 3. The molecule has 3 rings (SSSR count). The van der Waals surface area contributed by atoms with Crippen molar-refractivity contribution < 1.29 is 4.79 Å². The number of benzene rings is 2. The SMILES string of the molecule is Cc1cc(C)c(Nc2cncc(C(=O)N(C)c3ccccc3)c2)c(C)c1. The molecule has 1 amide bonds. The van der Waals surface area contributed by atoms with Crippen LogP contribution in [0.25, 0.3) is 0 Å². The maximum atomic E-state index is 12.8. The largest absolute Gasteiger partial charge is 0.354 e. The quantitative estimate of drug-likeness (QED) is 0.721. The fourth-order valence-electron chi connectivity index (χ4n) is 3.11. The molecule has 3 aromatic rings. The van der Waals surface area contributed by atoms with E-state index in [1.54, 1.807) is 24.3 Å². The summed E-state index contributed by atoms with van der Waals surface area (Å²) in [7, 11) is 1.77. The van der Waals surface area contributed by atoms with E-state index in [0.717, 1.165) is 17.1 Å². The Balaban J connectivity index is 1.86. The van der Waals surface area contributed by atoms with E-state index < -0.39 is 0 Å². The summed E-state index contributed by atoms with van der Waals surface area (Å²) in [6, 6.07) is 15.7. The van der Waals surface area contributed by atoms with Gasteiger partial charge >= 0.3 is 0 Å². The van der Waals surface area contributed by atoms with Crippen LogP contribution < -0.4 is 10.2 Å². The van der Waals surface area contributed by atoms with Crippen molar-refractivity contribution in [2.24, 2.45) is 0 Å². The van der Waals surface area contributed by atoms with Crippen molar-refractivity contribution in [3.8, 4) is 0 Å². The number of hydrogen-bond donors (Lipinski definition) is 1. The smallest absolute Gasteiger partial charge is 0.259 e. The van der Waals surface area contributed by atoms with Crippen LogP contribution in [0.5, 0.6) is 0 Å². The number of carbonyl (C=O) groups is 1. The minimum atomic E-state index is -0.0929. The Labute approximate surface area is 154 Å². The van der Waals surface area contributed by atoms with E-state index >= 15 is 0 Å². The van der Waals surface area contributed by atoms with E-state index in [1.165, 1.54) is 16.7 Å². The summed E-state index contributed by atoms with van der Waals surface area (Å²) in [5, 5.41) is 3.41. The first-order valence-electron chi connectivity index (χ1n) is 8.59. The number of carbonyl (C=O) groups excluding carboxylic acids is 1. The van der Waals surface area contributed by atoms with Crippen molar-refractivity contribution >= 4 is 23.0 Å². The van der Waals surface area contributed by atoms with Crippen LogP contribution in [-0.4, -0.2) is 17.9 Å². The number of para-hydroxylation sites is 1. The van der Waals surface area contributed by atoms with Gasteiger partial charge in [0.25, 0.3) is 5.91 Å². The first-order valence-corrected chi connectivity index (χ1v) is 8.59. The number of rotatable bonds is 4. The number of aryl methyl sites for hydroxylation is 3. The maximum absolute atomic E-state index is 12.8. The summed E-state index contributed by atoms with van der Waals surface area (Å²) in [5.41, 5.74) is 6.81. The Bertz CT molecular complexity index is 912. The molecule has 0 aliphatic rings. The molecule has 4 heteroatoms. The average molecular weight is 345 g/mol. The molecule has 0 spiro atoms. The lowest BCUT2D eigenvalue weighted by atomic mass is 10.0. The molecule has 26 heavy (non-hydrogen) atoms. The highest BCUT2D eigenvalue weighted by Crippen LogP contribution is 2.26. The van der Waals surface area contributed by atoms with Gasteiger partial charge in [-0.1, -0.05) is 35.9 Å². The lowest BCUT2D eigenvalue weighted by Crippen LogP contribution is -2.26. The molecule has 0 aliphatic heterocycles. The van der Waals surface area contributed by atoms with Gasteiger partial charge < -0.3 is 10.2 Å². The number of hydrogen-bond acceptors (Lipinski definition) is 3. The third kappa shape index (κ3) is 3.75. The molecule has 4 nitrogen and oxygen atoms in total. The first kappa shape index (κ1) is 17.7. The molecule has 0 bridgehead atoms. The lowest BCUT2D eigenvalue weighted by Gasteiger charge is -2.18. The molecule has 0 unspecified atom stereocenters. The maximum Gasteiger partial charge on any atom is 0.259 e. The third-order valence-electron chi connectivity index (χ3n) is 4.38. The van der Waals surface area contributed by atoms with Gasteiger partial charge in [-0.2, -0.15) is 0 Å². The molecule has 0 aliphatic carbocycles. The molecule has 0 saturated heterocycles. The fourth-order valence-corrected chi connectivity index (χ4v) is 3.11. The summed E-state index contributed by atoms with van der Waals surface area (Å²) < 4.78 is 0. The van der Waals surface area contributed by atoms with Crippen LogP contribution in [0, 0.1) is 20.8 Å². The van der Waals surface area contributed by atoms with Gasteiger partial charge in [0, 0.05) is 24.6 Å². The van der Waals surface area contributed by atoms with E-state index in [4.69, 9.17) is 0 Å². The van der Waals surface area contributed by atoms with Crippen molar-refractivity contribution in [2.75, 3.05) is 17.3 Å². The Morgan fingerprint density at radius 3 is 2.27 bits per heavy atom. The molecule has 132 valence electrons. The van der Waals surface area contributed by atoms with Crippen LogP contribution in [0.4, 0.5) is 17.1 Å². The highest BCUT2D eigenvalue weighted by Gasteiger charge is 2.14. The Morgan fingerprint density at radius 2 is 1.62 bits per heavy atom. The standard InChI is InChI=1S/C22H23N3O/c1-15-10-16(2)21(17(3)11-15)24-19-12-18(13-23-14-19)22(26)25(4)20-8-6-5-7-9-20/h5-14,24H,1-4H3. The molecule has 0 fully saturated rings. The van der Waals surface area contributed by atoms with Crippen molar-refractivity contribution in [3.05, 3.63) is 83.2 Å². The summed E-state index contributed by atoms with van der Waals surface area (Å²) in [5.74, 6) is -0.0929. The van der Waals surface area contributed by atoms with E-state index in [2.05, 4.69) is 43.2 Å². The normalized spacial score (nSPS) is 10.5. The molecule has 1 aromatic heterocycles.